The first-order valence-electron chi connectivity index (χ1n) is 10.6. The van der Waals surface area contributed by atoms with E-state index in [4.69, 9.17) is 8.83 Å². The summed E-state index contributed by atoms with van der Waals surface area (Å²) in [5.41, 5.74) is 2.09. The summed E-state index contributed by atoms with van der Waals surface area (Å²) in [5, 5.41) is 3.45. The molecule has 1 N–H and O–H groups in total. The molecule has 0 bridgehead atoms. The second kappa shape index (κ2) is 8.48. The van der Waals surface area contributed by atoms with Crippen LogP contribution in [0.1, 0.15) is 58.5 Å². The topological polar surface area (TPSA) is 75.7 Å². The van der Waals surface area contributed by atoms with Gasteiger partial charge in [-0.2, -0.15) is 0 Å². The number of rotatable bonds is 5. The molecule has 6 nitrogen and oxygen atoms in total. The maximum Gasteiger partial charge on any atom is 0.287 e. The molecule has 1 fully saturated rings. The lowest BCUT2D eigenvalue weighted by molar-refractivity contribution is 0.0887. The molecule has 3 aromatic rings. The molecular formula is C24H28N2O4. The van der Waals surface area contributed by atoms with Crippen LogP contribution < -0.4 is 10.7 Å². The van der Waals surface area contributed by atoms with Crippen molar-refractivity contribution in [3.05, 3.63) is 69.0 Å². The van der Waals surface area contributed by atoms with Gasteiger partial charge in [0.2, 0.25) is 0 Å². The molecule has 158 valence electrons. The van der Waals surface area contributed by atoms with Crippen LogP contribution in [0.4, 0.5) is 0 Å². The van der Waals surface area contributed by atoms with E-state index in [1.807, 2.05) is 39.0 Å². The number of amides is 1. The zero-order valence-corrected chi connectivity index (χ0v) is 17.8. The average molecular weight is 408 g/mol. The SMILES string of the molecule is Cc1cc(C)c2oc(C(=O)NC[C@@H](c3ccc(C)o3)N3CCCCC3)cc(=O)c2c1. The lowest BCUT2D eigenvalue weighted by Gasteiger charge is -2.33. The van der Waals surface area contributed by atoms with Crippen molar-refractivity contribution >= 4 is 16.9 Å². The van der Waals surface area contributed by atoms with Crippen LogP contribution in [0, 0.1) is 20.8 Å². The van der Waals surface area contributed by atoms with Gasteiger partial charge >= 0.3 is 0 Å². The number of aryl methyl sites for hydroxylation is 3. The highest BCUT2D eigenvalue weighted by Crippen LogP contribution is 2.26. The largest absolute Gasteiger partial charge is 0.465 e. The number of nitrogens with one attached hydrogen (secondary N) is 1. The molecule has 0 spiro atoms. The van der Waals surface area contributed by atoms with Crippen LogP contribution in [0.2, 0.25) is 0 Å². The minimum atomic E-state index is -0.390. The first kappa shape index (κ1) is 20.4. The number of benzene rings is 1. The molecule has 1 aliphatic heterocycles. The summed E-state index contributed by atoms with van der Waals surface area (Å²) in [6, 6.07) is 8.90. The van der Waals surface area contributed by atoms with E-state index in [1.54, 1.807) is 6.07 Å². The molecule has 30 heavy (non-hydrogen) atoms. The fraction of sp³-hybridized carbons (Fsp3) is 0.417. The number of hydrogen-bond acceptors (Lipinski definition) is 5. The van der Waals surface area contributed by atoms with Gasteiger partial charge in [-0.05, 0) is 76.0 Å². The predicted molar refractivity (Wildman–Crippen MR) is 116 cm³/mol. The first-order chi connectivity index (χ1) is 14.4. The van der Waals surface area contributed by atoms with Crippen LogP contribution in [0.5, 0.6) is 0 Å². The van der Waals surface area contributed by atoms with E-state index >= 15 is 0 Å². The van der Waals surface area contributed by atoms with Gasteiger partial charge in [0.15, 0.2) is 11.2 Å². The lowest BCUT2D eigenvalue weighted by Crippen LogP contribution is -2.40. The van der Waals surface area contributed by atoms with E-state index in [0.29, 0.717) is 17.5 Å². The normalized spacial score (nSPS) is 16.0. The van der Waals surface area contributed by atoms with Crippen LogP contribution in [0.3, 0.4) is 0 Å². The zero-order valence-electron chi connectivity index (χ0n) is 17.8. The second-order valence-electron chi connectivity index (χ2n) is 8.20. The maximum atomic E-state index is 12.8. The summed E-state index contributed by atoms with van der Waals surface area (Å²) in [7, 11) is 0. The molecule has 0 saturated carbocycles. The summed E-state index contributed by atoms with van der Waals surface area (Å²) in [6.45, 7) is 8.08. The molecular weight excluding hydrogens is 380 g/mol. The Kier molecular flexibility index (Phi) is 5.77. The van der Waals surface area contributed by atoms with Crippen molar-refractivity contribution in [1.82, 2.24) is 10.2 Å². The number of fused-ring (bicyclic) bond motifs is 1. The first-order valence-corrected chi connectivity index (χ1v) is 10.6. The van der Waals surface area contributed by atoms with Crippen LogP contribution >= 0.6 is 0 Å². The molecule has 4 rings (SSSR count). The minimum absolute atomic E-state index is 0.0347. The van der Waals surface area contributed by atoms with E-state index in [1.165, 1.54) is 12.5 Å². The summed E-state index contributed by atoms with van der Waals surface area (Å²) in [6.07, 6.45) is 3.51. The van der Waals surface area contributed by atoms with Crippen molar-refractivity contribution in [3.63, 3.8) is 0 Å². The second-order valence-corrected chi connectivity index (χ2v) is 8.20. The molecule has 1 amide bonds. The van der Waals surface area contributed by atoms with Gasteiger partial charge in [-0.3, -0.25) is 14.5 Å². The van der Waals surface area contributed by atoms with Gasteiger partial charge in [0.1, 0.15) is 17.1 Å². The monoisotopic (exact) mass is 408 g/mol. The van der Waals surface area contributed by atoms with E-state index in [2.05, 4.69) is 10.2 Å². The number of carbonyl (C=O) groups excluding carboxylic acids is 1. The van der Waals surface area contributed by atoms with Crippen LogP contribution in [-0.2, 0) is 0 Å². The van der Waals surface area contributed by atoms with Crippen molar-refractivity contribution in [2.75, 3.05) is 19.6 Å². The number of nitrogens with zero attached hydrogens (tertiary/aromatic N) is 1. The maximum absolute atomic E-state index is 12.8. The molecule has 0 unspecified atom stereocenters. The predicted octanol–water partition coefficient (Wildman–Crippen LogP) is 4.27. The van der Waals surface area contributed by atoms with Gasteiger partial charge in [-0.1, -0.05) is 12.5 Å². The minimum Gasteiger partial charge on any atom is -0.465 e. The van der Waals surface area contributed by atoms with Gasteiger partial charge < -0.3 is 14.2 Å². The van der Waals surface area contributed by atoms with E-state index < -0.39 is 0 Å². The van der Waals surface area contributed by atoms with Gasteiger partial charge in [-0.25, -0.2) is 0 Å². The molecule has 1 saturated heterocycles. The van der Waals surface area contributed by atoms with Crippen molar-refractivity contribution in [3.8, 4) is 0 Å². The van der Waals surface area contributed by atoms with Gasteiger partial charge in [0.05, 0.1) is 11.4 Å². The van der Waals surface area contributed by atoms with Crippen LogP contribution in [-0.4, -0.2) is 30.4 Å². The van der Waals surface area contributed by atoms with Crippen LogP contribution in [0.15, 0.2) is 44.0 Å². The van der Waals surface area contributed by atoms with E-state index in [9.17, 15) is 9.59 Å². The Morgan fingerprint density at radius 2 is 1.83 bits per heavy atom. The third kappa shape index (κ3) is 4.19. The Balaban J connectivity index is 1.57. The Morgan fingerprint density at radius 1 is 1.07 bits per heavy atom. The molecule has 0 radical (unpaired) electrons. The Hall–Kier alpha value is -2.86. The van der Waals surface area contributed by atoms with Crippen LogP contribution in [0.25, 0.3) is 11.0 Å². The molecule has 1 aromatic carbocycles. The zero-order chi connectivity index (χ0) is 21.3. The summed E-state index contributed by atoms with van der Waals surface area (Å²) in [4.78, 5) is 27.8. The number of likely N-dealkylation sites (tertiary alicyclic amines) is 1. The number of hydrogen-bond donors (Lipinski definition) is 1. The Morgan fingerprint density at radius 3 is 2.53 bits per heavy atom. The smallest absolute Gasteiger partial charge is 0.287 e. The highest BCUT2D eigenvalue weighted by molar-refractivity contribution is 5.93. The highest BCUT2D eigenvalue weighted by Gasteiger charge is 2.26. The van der Waals surface area contributed by atoms with Gasteiger partial charge in [-0.15, -0.1) is 0 Å². The van der Waals surface area contributed by atoms with E-state index in [-0.39, 0.29) is 23.1 Å². The highest BCUT2D eigenvalue weighted by atomic mass is 16.3. The molecule has 1 aliphatic rings. The standard InChI is InChI=1S/C24H28N2O4/c1-15-11-16(2)23-18(12-15)20(27)13-22(30-23)24(28)25-14-19(21-8-7-17(3)29-21)26-9-5-4-6-10-26/h7-8,11-13,19H,4-6,9-10,14H2,1-3H3,(H,25,28)/t19-/m0/s1. The lowest BCUT2D eigenvalue weighted by atomic mass is 10.1. The molecule has 0 aliphatic carbocycles. The van der Waals surface area contributed by atoms with Crippen molar-refractivity contribution in [1.29, 1.82) is 0 Å². The fourth-order valence-corrected chi connectivity index (χ4v) is 4.27. The molecule has 6 heteroatoms. The number of furan rings is 1. The third-order valence-corrected chi connectivity index (χ3v) is 5.76. The summed E-state index contributed by atoms with van der Waals surface area (Å²) in [5.74, 6) is 1.34. The average Bonchev–Trinajstić information content (AvgIpc) is 3.15. The summed E-state index contributed by atoms with van der Waals surface area (Å²) < 4.78 is 11.7. The van der Waals surface area contributed by atoms with Crippen molar-refractivity contribution < 1.29 is 13.6 Å². The number of piperidine rings is 1. The van der Waals surface area contributed by atoms with Gasteiger partial charge in [0.25, 0.3) is 5.91 Å². The quantitative estimate of drug-likeness (QED) is 0.682. The Bertz CT molecular complexity index is 1120. The Labute approximate surface area is 175 Å². The number of carbonyl (C=O) groups is 1. The molecule has 2 aromatic heterocycles. The van der Waals surface area contributed by atoms with Crippen molar-refractivity contribution in [2.24, 2.45) is 0 Å². The van der Waals surface area contributed by atoms with Gasteiger partial charge in [0, 0.05) is 12.6 Å². The summed E-state index contributed by atoms with van der Waals surface area (Å²) >= 11 is 0. The molecule has 3 heterocycles. The fourth-order valence-electron chi connectivity index (χ4n) is 4.27. The van der Waals surface area contributed by atoms with E-state index in [0.717, 1.165) is 48.6 Å². The van der Waals surface area contributed by atoms with Crippen molar-refractivity contribution in [2.45, 2.75) is 46.1 Å². The molecule has 1 atom stereocenters. The third-order valence-electron chi connectivity index (χ3n) is 5.76.